The molecule has 1 saturated carbocycles. The highest BCUT2D eigenvalue weighted by Crippen LogP contribution is 2.37. The van der Waals surface area contributed by atoms with Crippen LogP contribution in [0.25, 0.3) is 16.9 Å². The first-order valence-electron chi connectivity index (χ1n) is 17.2. The van der Waals surface area contributed by atoms with Gasteiger partial charge in [-0.1, -0.05) is 76.6 Å². The summed E-state index contributed by atoms with van der Waals surface area (Å²) in [5.74, 6) is 1.31. The molecule has 0 amide bonds. The zero-order chi connectivity index (χ0) is 33.9. The Morgan fingerprint density at radius 3 is 2.38 bits per heavy atom. The molecular weight excluding hydrogens is 603 g/mol. The summed E-state index contributed by atoms with van der Waals surface area (Å²) in [7, 11) is -1.85. The van der Waals surface area contributed by atoms with Gasteiger partial charge < -0.3 is 9.16 Å². The lowest BCUT2D eigenvalue weighted by Crippen LogP contribution is -2.44. The van der Waals surface area contributed by atoms with Crippen molar-refractivity contribution >= 4 is 14.1 Å². The van der Waals surface area contributed by atoms with Crippen LogP contribution in [0.2, 0.25) is 18.1 Å². The van der Waals surface area contributed by atoms with Gasteiger partial charge in [-0.2, -0.15) is 15.3 Å². The molecule has 1 aliphatic carbocycles. The maximum atomic E-state index is 14.5. The number of hydrogen-bond acceptors (Lipinski definition) is 6. The van der Waals surface area contributed by atoms with Crippen molar-refractivity contribution in [2.75, 3.05) is 6.61 Å². The molecule has 1 fully saturated rings. The van der Waals surface area contributed by atoms with E-state index in [0.29, 0.717) is 30.2 Å². The molecule has 8 nitrogen and oxygen atoms in total. The van der Waals surface area contributed by atoms with Crippen molar-refractivity contribution in [2.24, 2.45) is 0 Å². The average molecular weight is 654 g/mol. The van der Waals surface area contributed by atoms with Crippen molar-refractivity contribution in [1.29, 1.82) is 5.26 Å². The lowest BCUT2D eigenvalue weighted by atomic mass is 9.92. The Balaban J connectivity index is 1.37. The van der Waals surface area contributed by atoms with Crippen molar-refractivity contribution < 1.29 is 9.16 Å². The molecule has 1 unspecified atom stereocenters. The van der Waals surface area contributed by atoms with Crippen LogP contribution in [0.1, 0.15) is 101 Å². The Kier molecular flexibility index (Phi) is 10.5. The Labute approximate surface area is 280 Å². The van der Waals surface area contributed by atoms with Crippen LogP contribution in [-0.4, -0.2) is 46.3 Å². The summed E-state index contributed by atoms with van der Waals surface area (Å²) in [6.07, 6.45) is 5.84. The summed E-state index contributed by atoms with van der Waals surface area (Å²) in [4.78, 5) is 19.3. The van der Waals surface area contributed by atoms with E-state index in [9.17, 15) is 10.1 Å². The number of aromatic nitrogens is 4. The number of benzene rings is 2. The van der Waals surface area contributed by atoms with E-state index in [4.69, 9.17) is 19.2 Å². The summed E-state index contributed by atoms with van der Waals surface area (Å²) in [5.41, 5.74) is 5.35. The molecule has 250 valence electrons. The normalized spacial score (nSPS) is 17.9. The molecular formula is C38H51N5O3Si. The van der Waals surface area contributed by atoms with Gasteiger partial charge in [-0.05, 0) is 86.8 Å². The van der Waals surface area contributed by atoms with Crippen molar-refractivity contribution in [1.82, 2.24) is 19.2 Å². The summed E-state index contributed by atoms with van der Waals surface area (Å²) in [6, 6.07) is 18.2. The van der Waals surface area contributed by atoms with E-state index < -0.39 is 8.32 Å². The van der Waals surface area contributed by atoms with Gasteiger partial charge in [0, 0.05) is 18.0 Å². The number of hydrogen-bond donors (Lipinski definition) is 0. The van der Waals surface area contributed by atoms with Gasteiger partial charge in [0.25, 0.3) is 5.56 Å². The third-order valence-corrected chi connectivity index (χ3v) is 14.7. The van der Waals surface area contributed by atoms with E-state index in [0.717, 1.165) is 66.5 Å². The number of ether oxygens (including phenoxy) is 1. The van der Waals surface area contributed by atoms with Gasteiger partial charge in [0.1, 0.15) is 5.82 Å². The maximum Gasteiger partial charge on any atom is 0.259 e. The number of aryl methyl sites for hydroxylation is 2. The van der Waals surface area contributed by atoms with Crippen molar-refractivity contribution in [2.45, 2.75) is 123 Å². The van der Waals surface area contributed by atoms with Gasteiger partial charge in [0.15, 0.2) is 8.32 Å². The molecule has 0 saturated heterocycles. The van der Waals surface area contributed by atoms with Crippen molar-refractivity contribution in [3.05, 3.63) is 87.1 Å². The second kappa shape index (κ2) is 14.3. The third-order valence-electron chi connectivity index (χ3n) is 10.1. The van der Waals surface area contributed by atoms with Gasteiger partial charge in [-0.15, -0.1) is 0 Å². The Morgan fingerprint density at radius 2 is 1.74 bits per heavy atom. The van der Waals surface area contributed by atoms with E-state index in [2.05, 4.69) is 65.9 Å². The summed E-state index contributed by atoms with van der Waals surface area (Å²) in [6.45, 7) is 18.1. The highest BCUT2D eigenvalue weighted by atomic mass is 28.4. The smallest absolute Gasteiger partial charge is 0.259 e. The maximum absolute atomic E-state index is 14.5. The lowest BCUT2D eigenvalue weighted by Gasteiger charge is -2.39. The fourth-order valence-corrected chi connectivity index (χ4v) is 7.95. The van der Waals surface area contributed by atoms with Crippen LogP contribution in [0.4, 0.5) is 0 Å². The Morgan fingerprint density at radius 1 is 1.06 bits per heavy atom. The monoisotopic (exact) mass is 653 g/mol. The first-order valence-corrected chi connectivity index (χ1v) is 20.1. The van der Waals surface area contributed by atoms with Gasteiger partial charge in [-0.3, -0.25) is 9.36 Å². The average Bonchev–Trinajstić information content (AvgIpc) is 3.42. The molecule has 4 aromatic rings. The molecule has 0 N–H and O–H groups in total. The van der Waals surface area contributed by atoms with Crippen LogP contribution in [0.3, 0.4) is 0 Å². The van der Waals surface area contributed by atoms with Crippen LogP contribution >= 0.6 is 0 Å². The first kappa shape index (κ1) is 34.7. The molecule has 0 bridgehead atoms. The zero-order valence-electron chi connectivity index (χ0n) is 29.5. The number of nitrogens with zero attached hydrogens (tertiary/aromatic N) is 5. The van der Waals surface area contributed by atoms with E-state index in [-0.39, 0.29) is 28.8 Å². The fourth-order valence-electron chi connectivity index (χ4n) is 6.52. The van der Waals surface area contributed by atoms with E-state index in [1.165, 1.54) is 0 Å². The molecule has 1 atom stereocenters. The number of rotatable bonds is 11. The fraction of sp³-hybridized carbons (Fsp3) is 0.526. The summed E-state index contributed by atoms with van der Waals surface area (Å²) < 4.78 is 16.7. The minimum absolute atomic E-state index is 0.0352. The van der Waals surface area contributed by atoms with Crippen LogP contribution in [0, 0.1) is 18.3 Å². The van der Waals surface area contributed by atoms with E-state index in [1.54, 1.807) is 0 Å². The Bertz CT molecular complexity index is 1790. The second-order valence-corrected chi connectivity index (χ2v) is 19.5. The minimum atomic E-state index is -1.85. The van der Waals surface area contributed by atoms with Crippen LogP contribution < -0.4 is 5.56 Å². The minimum Gasteiger partial charge on any atom is -0.412 e. The third kappa shape index (κ3) is 7.61. The van der Waals surface area contributed by atoms with Gasteiger partial charge in [0.05, 0.1) is 36.1 Å². The van der Waals surface area contributed by atoms with Crippen molar-refractivity contribution in [3.63, 3.8) is 0 Å². The summed E-state index contributed by atoms with van der Waals surface area (Å²) >= 11 is 0. The van der Waals surface area contributed by atoms with Gasteiger partial charge in [-0.25, -0.2) is 4.52 Å². The summed E-state index contributed by atoms with van der Waals surface area (Å²) in [5, 5.41) is 14.5. The number of fused-ring (bicyclic) bond motifs is 1. The van der Waals surface area contributed by atoms with Crippen LogP contribution in [0.5, 0.6) is 0 Å². The highest BCUT2D eigenvalue weighted by Gasteiger charge is 2.38. The molecule has 0 spiro atoms. The van der Waals surface area contributed by atoms with Crippen molar-refractivity contribution in [3.8, 4) is 17.2 Å². The topological polar surface area (TPSA) is 94.4 Å². The van der Waals surface area contributed by atoms with Gasteiger partial charge >= 0.3 is 0 Å². The molecule has 47 heavy (non-hydrogen) atoms. The quantitative estimate of drug-likeness (QED) is 0.152. The molecule has 2 heterocycles. The zero-order valence-corrected chi connectivity index (χ0v) is 30.5. The van der Waals surface area contributed by atoms with Crippen LogP contribution in [-0.2, 0) is 22.0 Å². The second-order valence-electron chi connectivity index (χ2n) is 14.7. The molecule has 0 aliphatic heterocycles. The first-order chi connectivity index (χ1) is 22.3. The number of nitriles is 1. The highest BCUT2D eigenvalue weighted by molar-refractivity contribution is 6.74. The molecule has 2 aromatic carbocycles. The SMILES string of the molecule is CCCc1c(Cc2ccc(-c3ccccc3C#N)cc2)c(=O)n(C2CCC(OCC(C)O[Si](C)(C)C(C)(C)C)CC2)c2nc(C)nn12. The predicted molar refractivity (Wildman–Crippen MR) is 190 cm³/mol. The predicted octanol–water partition coefficient (Wildman–Crippen LogP) is 8.19. The molecule has 1 aliphatic rings. The molecule has 0 radical (unpaired) electrons. The van der Waals surface area contributed by atoms with E-state index >= 15 is 0 Å². The van der Waals surface area contributed by atoms with E-state index in [1.807, 2.05) is 52.4 Å². The molecule has 9 heteroatoms. The largest absolute Gasteiger partial charge is 0.412 e. The van der Waals surface area contributed by atoms with Gasteiger partial charge in [0.2, 0.25) is 5.78 Å². The molecule has 5 rings (SSSR count). The molecule has 2 aromatic heterocycles. The van der Waals surface area contributed by atoms with Crippen LogP contribution in [0.15, 0.2) is 53.3 Å². The lowest BCUT2D eigenvalue weighted by molar-refractivity contribution is -0.0198. The standard InChI is InChI=1S/C38H51N5O3Si/c1-9-12-35-34(23-28-15-17-29(18-16-28)33-14-11-10-13-30(33)24-39)36(44)42(37-40-27(3)41-43(35)37)31-19-21-32(22-20-31)45-25-26(2)46-47(7,8)38(4,5)6/h10-11,13-18,26,31-32H,9,12,19-23,25H2,1-8H3. The Hall–Kier alpha value is -3.58.